The van der Waals surface area contributed by atoms with Gasteiger partial charge in [-0.1, -0.05) is 13.8 Å². The van der Waals surface area contributed by atoms with Crippen LogP contribution in [0.4, 0.5) is 11.9 Å². The molecule has 21 heavy (non-hydrogen) atoms. The van der Waals surface area contributed by atoms with Gasteiger partial charge in [0.2, 0.25) is 11.9 Å². The third-order valence-electron chi connectivity index (χ3n) is 3.57. The maximum Gasteiger partial charge on any atom is 0.323 e. The second-order valence-electron chi connectivity index (χ2n) is 5.40. The normalized spacial score (nSPS) is 22.2. The summed E-state index contributed by atoms with van der Waals surface area (Å²) in [4.78, 5) is 15.0. The highest BCUT2D eigenvalue weighted by Crippen LogP contribution is 2.22. The Balaban J connectivity index is 2.18. The molecule has 0 aliphatic carbocycles. The van der Waals surface area contributed by atoms with Crippen molar-refractivity contribution in [3.8, 4) is 6.01 Å². The molecule has 0 spiro atoms. The number of anilines is 2. The molecule has 1 aliphatic heterocycles. The number of aromatic nitrogens is 3. The van der Waals surface area contributed by atoms with Crippen molar-refractivity contribution in [2.45, 2.75) is 39.7 Å². The van der Waals surface area contributed by atoms with E-state index in [1.54, 1.807) is 0 Å². The molecule has 2 unspecified atom stereocenters. The Morgan fingerprint density at radius 1 is 1.33 bits per heavy atom. The van der Waals surface area contributed by atoms with Gasteiger partial charge < -0.3 is 20.1 Å². The molecule has 1 fully saturated rings. The molecule has 0 amide bonds. The Bertz CT molecular complexity index is 457. The van der Waals surface area contributed by atoms with Gasteiger partial charge in [0.15, 0.2) is 0 Å². The molecular weight excluding hydrogens is 270 g/mol. The summed E-state index contributed by atoms with van der Waals surface area (Å²) in [5.74, 6) is 1.40. The molecule has 0 aromatic carbocycles. The van der Waals surface area contributed by atoms with Crippen LogP contribution in [-0.2, 0) is 0 Å². The van der Waals surface area contributed by atoms with Gasteiger partial charge in [0.1, 0.15) is 0 Å². The zero-order chi connectivity index (χ0) is 15.2. The van der Waals surface area contributed by atoms with Crippen LogP contribution in [-0.4, -0.2) is 52.4 Å². The van der Waals surface area contributed by atoms with E-state index >= 15 is 0 Å². The molecule has 118 valence electrons. The highest BCUT2D eigenvalue weighted by Gasteiger charge is 2.26. The van der Waals surface area contributed by atoms with E-state index in [1.807, 2.05) is 18.7 Å². The number of ether oxygens (including phenoxy) is 1. The van der Waals surface area contributed by atoms with E-state index in [2.05, 4.69) is 27.2 Å². The maximum atomic E-state index is 10.0. The number of hydrogen-bond acceptors (Lipinski definition) is 7. The van der Waals surface area contributed by atoms with Crippen molar-refractivity contribution in [2.75, 3.05) is 36.5 Å². The smallest absolute Gasteiger partial charge is 0.323 e. The summed E-state index contributed by atoms with van der Waals surface area (Å²) in [5.41, 5.74) is 0. The summed E-state index contributed by atoms with van der Waals surface area (Å²) in [7, 11) is 0. The summed E-state index contributed by atoms with van der Waals surface area (Å²) >= 11 is 0. The van der Waals surface area contributed by atoms with Crippen molar-refractivity contribution < 1.29 is 9.84 Å². The van der Waals surface area contributed by atoms with Gasteiger partial charge in [0, 0.05) is 19.6 Å². The van der Waals surface area contributed by atoms with Crippen LogP contribution in [0, 0.1) is 5.92 Å². The SMILES string of the molecule is CCCOc1nc(NCC)nc(N2CCC(C)C(O)C2)n1. The summed E-state index contributed by atoms with van der Waals surface area (Å²) in [6.45, 7) is 8.78. The van der Waals surface area contributed by atoms with E-state index in [-0.39, 0.29) is 6.10 Å². The molecule has 2 heterocycles. The Morgan fingerprint density at radius 2 is 2.14 bits per heavy atom. The number of nitrogens with one attached hydrogen (secondary N) is 1. The topological polar surface area (TPSA) is 83.4 Å². The van der Waals surface area contributed by atoms with Crippen LogP contribution in [0.1, 0.15) is 33.6 Å². The molecular formula is C14H25N5O2. The van der Waals surface area contributed by atoms with E-state index in [4.69, 9.17) is 4.74 Å². The Labute approximate surface area is 125 Å². The van der Waals surface area contributed by atoms with Gasteiger partial charge >= 0.3 is 6.01 Å². The first-order chi connectivity index (χ1) is 10.1. The van der Waals surface area contributed by atoms with Crippen LogP contribution in [0.5, 0.6) is 6.01 Å². The van der Waals surface area contributed by atoms with Crippen molar-refractivity contribution >= 4 is 11.9 Å². The Kier molecular flexibility index (Phi) is 5.55. The molecule has 1 saturated heterocycles. The molecule has 0 saturated carbocycles. The number of aliphatic hydroxyl groups excluding tert-OH is 1. The summed E-state index contributed by atoms with van der Waals surface area (Å²) in [6, 6.07) is 0.339. The fourth-order valence-electron chi connectivity index (χ4n) is 2.21. The highest BCUT2D eigenvalue weighted by molar-refractivity contribution is 5.39. The van der Waals surface area contributed by atoms with Gasteiger partial charge in [0.25, 0.3) is 0 Å². The fourth-order valence-corrected chi connectivity index (χ4v) is 2.21. The lowest BCUT2D eigenvalue weighted by Crippen LogP contribution is -2.43. The van der Waals surface area contributed by atoms with Crippen molar-refractivity contribution in [2.24, 2.45) is 5.92 Å². The highest BCUT2D eigenvalue weighted by atomic mass is 16.5. The van der Waals surface area contributed by atoms with Crippen molar-refractivity contribution in [3.05, 3.63) is 0 Å². The zero-order valence-electron chi connectivity index (χ0n) is 13.0. The largest absolute Gasteiger partial charge is 0.463 e. The monoisotopic (exact) mass is 295 g/mol. The first-order valence-electron chi connectivity index (χ1n) is 7.69. The molecule has 0 bridgehead atoms. The molecule has 2 N–H and O–H groups in total. The molecule has 7 nitrogen and oxygen atoms in total. The quantitative estimate of drug-likeness (QED) is 0.818. The minimum atomic E-state index is -0.349. The Morgan fingerprint density at radius 3 is 2.81 bits per heavy atom. The minimum absolute atomic E-state index is 0.312. The summed E-state index contributed by atoms with van der Waals surface area (Å²) in [5, 5.41) is 13.1. The van der Waals surface area contributed by atoms with E-state index in [0.29, 0.717) is 37.0 Å². The molecule has 2 atom stereocenters. The number of nitrogens with zero attached hydrogens (tertiary/aromatic N) is 4. The molecule has 1 aliphatic rings. The zero-order valence-corrected chi connectivity index (χ0v) is 13.0. The predicted molar refractivity (Wildman–Crippen MR) is 81.8 cm³/mol. The first-order valence-corrected chi connectivity index (χ1v) is 7.69. The number of aliphatic hydroxyl groups is 1. The Hall–Kier alpha value is -1.63. The molecule has 7 heteroatoms. The van der Waals surface area contributed by atoms with Gasteiger partial charge in [-0.25, -0.2) is 0 Å². The van der Waals surface area contributed by atoms with E-state index < -0.39 is 0 Å². The van der Waals surface area contributed by atoms with Gasteiger partial charge in [-0.2, -0.15) is 15.0 Å². The predicted octanol–water partition coefficient (Wildman–Crippen LogP) is 1.30. The molecule has 1 aromatic rings. The molecule has 2 rings (SSSR count). The van der Waals surface area contributed by atoms with Crippen LogP contribution in [0.15, 0.2) is 0 Å². The van der Waals surface area contributed by atoms with Crippen LogP contribution >= 0.6 is 0 Å². The lowest BCUT2D eigenvalue weighted by atomic mass is 9.96. The molecule has 0 radical (unpaired) electrons. The minimum Gasteiger partial charge on any atom is -0.463 e. The van der Waals surface area contributed by atoms with Gasteiger partial charge in [-0.05, 0) is 25.7 Å². The number of β-amino-alcohol motifs (C(OH)–C–C–N with tert-alkyl or cyclic N) is 1. The van der Waals surface area contributed by atoms with Crippen molar-refractivity contribution in [1.82, 2.24) is 15.0 Å². The summed E-state index contributed by atoms with van der Waals surface area (Å²) in [6.07, 6.45) is 1.48. The second-order valence-corrected chi connectivity index (χ2v) is 5.40. The van der Waals surface area contributed by atoms with Crippen LogP contribution in [0.25, 0.3) is 0 Å². The van der Waals surface area contributed by atoms with Crippen molar-refractivity contribution in [3.63, 3.8) is 0 Å². The van der Waals surface area contributed by atoms with Gasteiger partial charge in [-0.3, -0.25) is 0 Å². The van der Waals surface area contributed by atoms with Gasteiger partial charge in [0.05, 0.1) is 12.7 Å². The third-order valence-corrected chi connectivity index (χ3v) is 3.57. The average molecular weight is 295 g/mol. The van der Waals surface area contributed by atoms with Gasteiger partial charge in [-0.15, -0.1) is 0 Å². The third kappa shape index (κ3) is 4.17. The summed E-state index contributed by atoms with van der Waals surface area (Å²) < 4.78 is 5.53. The van der Waals surface area contributed by atoms with E-state index in [1.165, 1.54) is 0 Å². The lowest BCUT2D eigenvalue weighted by Gasteiger charge is -2.34. The number of rotatable bonds is 6. The van der Waals surface area contributed by atoms with Crippen LogP contribution in [0.3, 0.4) is 0 Å². The maximum absolute atomic E-state index is 10.0. The lowest BCUT2D eigenvalue weighted by molar-refractivity contribution is 0.102. The van der Waals surface area contributed by atoms with E-state index in [0.717, 1.165) is 25.9 Å². The average Bonchev–Trinajstić information content (AvgIpc) is 2.48. The fraction of sp³-hybridized carbons (Fsp3) is 0.786. The number of hydrogen-bond donors (Lipinski definition) is 2. The first kappa shape index (κ1) is 15.8. The standard InChI is InChI=1S/C14H25N5O2/c1-4-8-21-14-17-12(15-5-2)16-13(18-14)19-7-6-10(3)11(20)9-19/h10-11,20H,4-9H2,1-3H3,(H,15,16,17,18). The van der Waals surface area contributed by atoms with Crippen LogP contribution < -0.4 is 15.0 Å². The number of piperidine rings is 1. The van der Waals surface area contributed by atoms with Crippen molar-refractivity contribution in [1.29, 1.82) is 0 Å². The van der Waals surface area contributed by atoms with Crippen LogP contribution in [0.2, 0.25) is 0 Å². The van der Waals surface area contributed by atoms with E-state index in [9.17, 15) is 5.11 Å². The second kappa shape index (κ2) is 7.40. The molecule has 1 aromatic heterocycles.